The van der Waals surface area contributed by atoms with Crippen molar-refractivity contribution in [2.24, 2.45) is 5.92 Å². The van der Waals surface area contributed by atoms with Gasteiger partial charge in [0.05, 0.1) is 12.1 Å². The number of carbonyl (C=O) groups is 1. The van der Waals surface area contributed by atoms with Gasteiger partial charge in [0.1, 0.15) is 0 Å². The minimum Gasteiger partial charge on any atom is -0.396 e. The van der Waals surface area contributed by atoms with E-state index < -0.39 is 0 Å². The van der Waals surface area contributed by atoms with Crippen molar-refractivity contribution in [1.82, 2.24) is 15.1 Å². The van der Waals surface area contributed by atoms with Crippen molar-refractivity contribution in [1.29, 1.82) is 0 Å². The van der Waals surface area contributed by atoms with Gasteiger partial charge in [-0.25, -0.2) is 0 Å². The Hall–Kier alpha value is -1.62. The van der Waals surface area contributed by atoms with Crippen molar-refractivity contribution < 1.29 is 9.90 Å². The van der Waals surface area contributed by atoms with Crippen LogP contribution in [-0.2, 0) is 11.2 Å². The first-order valence-electron chi connectivity index (χ1n) is 7.55. The van der Waals surface area contributed by atoms with Gasteiger partial charge in [0.2, 0.25) is 5.91 Å². The van der Waals surface area contributed by atoms with Gasteiger partial charge in [0.15, 0.2) is 0 Å². The fourth-order valence-electron chi connectivity index (χ4n) is 2.89. The third-order valence-electron chi connectivity index (χ3n) is 4.05. The van der Waals surface area contributed by atoms with E-state index in [1.54, 1.807) is 0 Å². The molecule has 0 aromatic carbocycles. The van der Waals surface area contributed by atoms with Crippen LogP contribution in [0, 0.1) is 19.8 Å². The smallest absolute Gasteiger partial charge is 0.225 e. The van der Waals surface area contributed by atoms with Crippen molar-refractivity contribution in [3.8, 4) is 0 Å². The summed E-state index contributed by atoms with van der Waals surface area (Å²) in [6.45, 7) is 8.27. The standard InChI is InChI=1S/C16H25N3O2/c1-10(2)19-12(4)15(11(3)18-19)8-16(21)17-14-6-5-13(7-14)9-20/h5-6,10,13-14,20H,7-9H2,1-4H3,(H,17,21)/t13-,14+/m0/s1. The minimum absolute atomic E-state index is 0.0118. The van der Waals surface area contributed by atoms with Gasteiger partial charge in [-0.1, -0.05) is 12.2 Å². The molecule has 21 heavy (non-hydrogen) atoms. The maximum atomic E-state index is 12.2. The zero-order valence-electron chi connectivity index (χ0n) is 13.3. The molecule has 2 N–H and O–H groups in total. The Bertz CT molecular complexity index is 546. The average molecular weight is 291 g/mol. The Balaban J connectivity index is 1.99. The summed E-state index contributed by atoms with van der Waals surface area (Å²) in [7, 11) is 0. The van der Waals surface area contributed by atoms with Crippen molar-refractivity contribution in [2.75, 3.05) is 6.61 Å². The van der Waals surface area contributed by atoms with Crippen molar-refractivity contribution in [3.05, 3.63) is 29.1 Å². The molecule has 1 heterocycles. The summed E-state index contributed by atoms with van der Waals surface area (Å²) in [5, 5.41) is 16.6. The highest BCUT2D eigenvalue weighted by Crippen LogP contribution is 2.19. The molecular weight excluding hydrogens is 266 g/mol. The van der Waals surface area contributed by atoms with Crippen LogP contribution in [0.25, 0.3) is 0 Å². The van der Waals surface area contributed by atoms with Crippen LogP contribution in [0.5, 0.6) is 0 Å². The molecule has 0 unspecified atom stereocenters. The van der Waals surface area contributed by atoms with E-state index in [4.69, 9.17) is 5.11 Å². The first-order chi connectivity index (χ1) is 9.92. The zero-order valence-corrected chi connectivity index (χ0v) is 13.3. The van der Waals surface area contributed by atoms with Crippen LogP contribution in [0.1, 0.15) is 43.3 Å². The summed E-state index contributed by atoms with van der Waals surface area (Å²) in [5.74, 6) is 0.181. The summed E-state index contributed by atoms with van der Waals surface area (Å²) >= 11 is 0. The number of amides is 1. The van der Waals surface area contributed by atoms with E-state index in [0.717, 1.165) is 23.4 Å². The number of aromatic nitrogens is 2. The predicted octanol–water partition coefficient (Wildman–Crippen LogP) is 1.68. The zero-order chi connectivity index (χ0) is 15.6. The molecule has 0 spiro atoms. The molecule has 0 saturated carbocycles. The SMILES string of the molecule is Cc1nn(C(C)C)c(C)c1CC(=O)N[C@@H]1C=C[C@H](CO)C1. The summed E-state index contributed by atoms with van der Waals surface area (Å²) in [5.41, 5.74) is 3.00. The molecule has 1 aromatic rings. The number of hydrogen-bond acceptors (Lipinski definition) is 3. The molecule has 0 radical (unpaired) electrons. The van der Waals surface area contributed by atoms with E-state index in [1.165, 1.54) is 0 Å². The molecule has 0 aliphatic heterocycles. The van der Waals surface area contributed by atoms with Gasteiger partial charge in [-0.2, -0.15) is 5.10 Å². The van der Waals surface area contributed by atoms with Crippen LogP contribution in [0.15, 0.2) is 12.2 Å². The molecule has 1 aromatic heterocycles. The largest absolute Gasteiger partial charge is 0.396 e. The molecule has 1 aliphatic carbocycles. The van der Waals surface area contributed by atoms with Gasteiger partial charge in [-0.05, 0) is 34.1 Å². The van der Waals surface area contributed by atoms with Crippen LogP contribution < -0.4 is 5.32 Å². The van der Waals surface area contributed by atoms with Crippen LogP contribution in [0.3, 0.4) is 0 Å². The number of nitrogens with one attached hydrogen (secondary N) is 1. The Morgan fingerprint density at radius 1 is 1.48 bits per heavy atom. The van der Waals surface area contributed by atoms with Crippen LogP contribution in [0.2, 0.25) is 0 Å². The van der Waals surface area contributed by atoms with E-state index in [1.807, 2.05) is 30.7 Å². The van der Waals surface area contributed by atoms with E-state index in [-0.39, 0.29) is 24.5 Å². The lowest BCUT2D eigenvalue weighted by Crippen LogP contribution is -2.34. The number of aliphatic hydroxyl groups is 1. The molecule has 0 fully saturated rings. The fraction of sp³-hybridized carbons (Fsp3) is 0.625. The molecule has 116 valence electrons. The number of aliphatic hydroxyl groups excluding tert-OH is 1. The maximum absolute atomic E-state index is 12.2. The molecular formula is C16H25N3O2. The topological polar surface area (TPSA) is 67.2 Å². The molecule has 5 heteroatoms. The van der Waals surface area contributed by atoms with Crippen molar-refractivity contribution in [2.45, 2.75) is 52.6 Å². The van der Waals surface area contributed by atoms with E-state index in [0.29, 0.717) is 12.5 Å². The number of nitrogens with zero attached hydrogens (tertiary/aromatic N) is 2. The van der Waals surface area contributed by atoms with E-state index in [2.05, 4.69) is 24.3 Å². The van der Waals surface area contributed by atoms with Gasteiger partial charge in [0, 0.05) is 35.9 Å². The van der Waals surface area contributed by atoms with Gasteiger partial charge in [-0.3, -0.25) is 9.48 Å². The van der Waals surface area contributed by atoms with Gasteiger partial charge < -0.3 is 10.4 Å². The molecule has 5 nitrogen and oxygen atoms in total. The number of carbonyl (C=O) groups excluding carboxylic acids is 1. The monoisotopic (exact) mass is 291 g/mol. The lowest BCUT2D eigenvalue weighted by molar-refractivity contribution is -0.120. The van der Waals surface area contributed by atoms with Crippen molar-refractivity contribution >= 4 is 5.91 Å². The highest BCUT2D eigenvalue weighted by Gasteiger charge is 2.21. The second-order valence-electron chi connectivity index (χ2n) is 6.10. The van der Waals surface area contributed by atoms with Crippen LogP contribution in [-0.4, -0.2) is 33.4 Å². The summed E-state index contributed by atoms with van der Waals surface area (Å²) in [4.78, 5) is 12.2. The summed E-state index contributed by atoms with van der Waals surface area (Å²) in [6, 6.07) is 0.332. The lowest BCUT2D eigenvalue weighted by atomic mass is 10.1. The van der Waals surface area contributed by atoms with E-state index in [9.17, 15) is 4.79 Å². The molecule has 0 saturated heterocycles. The Labute approximate surface area is 126 Å². The summed E-state index contributed by atoms with van der Waals surface area (Å²) in [6.07, 6.45) is 5.08. The molecule has 1 aliphatic rings. The highest BCUT2D eigenvalue weighted by molar-refractivity contribution is 5.79. The van der Waals surface area contributed by atoms with Gasteiger partial charge in [0.25, 0.3) is 0 Å². The number of rotatable bonds is 5. The second kappa shape index (κ2) is 6.43. The Morgan fingerprint density at radius 3 is 2.71 bits per heavy atom. The third kappa shape index (κ3) is 3.53. The third-order valence-corrected chi connectivity index (χ3v) is 4.05. The van der Waals surface area contributed by atoms with Gasteiger partial charge in [-0.15, -0.1) is 0 Å². The molecule has 0 bridgehead atoms. The second-order valence-corrected chi connectivity index (χ2v) is 6.10. The van der Waals surface area contributed by atoms with Crippen molar-refractivity contribution in [3.63, 3.8) is 0 Å². The number of hydrogen-bond donors (Lipinski definition) is 2. The molecule has 2 rings (SSSR count). The molecule has 1 amide bonds. The first kappa shape index (κ1) is 15.8. The minimum atomic E-state index is 0.0118. The fourth-order valence-corrected chi connectivity index (χ4v) is 2.89. The molecule has 2 atom stereocenters. The van der Waals surface area contributed by atoms with E-state index >= 15 is 0 Å². The Kier molecular flexibility index (Phi) is 4.83. The number of aryl methyl sites for hydroxylation is 1. The predicted molar refractivity (Wildman–Crippen MR) is 82.1 cm³/mol. The van der Waals surface area contributed by atoms with Crippen LogP contribution in [0.4, 0.5) is 0 Å². The van der Waals surface area contributed by atoms with Crippen LogP contribution >= 0.6 is 0 Å². The summed E-state index contributed by atoms with van der Waals surface area (Å²) < 4.78 is 1.97. The van der Waals surface area contributed by atoms with Gasteiger partial charge >= 0.3 is 0 Å². The lowest BCUT2D eigenvalue weighted by Gasteiger charge is -2.13. The maximum Gasteiger partial charge on any atom is 0.225 e. The first-order valence-corrected chi connectivity index (χ1v) is 7.55. The average Bonchev–Trinajstić information content (AvgIpc) is 2.98. The quantitative estimate of drug-likeness (QED) is 0.811. The highest BCUT2D eigenvalue weighted by atomic mass is 16.3. The normalized spacial score (nSPS) is 21.2. The Morgan fingerprint density at radius 2 is 2.19 bits per heavy atom.